The number of nitriles is 1. The number of piperidine rings is 1. The van der Waals surface area contributed by atoms with Gasteiger partial charge in [0.2, 0.25) is 5.91 Å². The maximum atomic E-state index is 12.5. The van der Waals surface area contributed by atoms with Crippen LogP contribution in [0.25, 0.3) is 0 Å². The number of rotatable bonds is 6. The van der Waals surface area contributed by atoms with Crippen molar-refractivity contribution in [2.45, 2.75) is 58.4 Å². The van der Waals surface area contributed by atoms with Gasteiger partial charge >= 0.3 is 0 Å². The summed E-state index contributed by atoms with van der Waals surface area (Å²) in [5.41, 5.74) is -0.813. The molecule has 0 aliphatic carbocycles. The van der Waals surface area contributed by atoms with Crippen molar-refractivity contribution in [3.63, 3.8) is 0 Å². The highest BCUT2D eigenvalue weighted by Crippen LogP contribution is 2.30. The van der Waals surface area contributed by atoms with Crippen LogP contribution in [0.1, 0.15) is 52.4 Å². The summed E-state index contributed by atoms with van der Waals surface area (Å²) in [5.74, 6) is -0.0479. The quantitative estimate of drug-likeness (QED) is 0.801. The van der Waals surface area contributed by atoms with Crippen molar-refractivity contribution in [3.8, 4) is 6.07 Å². The van der Waals surface area contributed by atoms with Gasteiger partial charge in [0.15, 0.2) is 0 Å². The van der Waals surface area contributed by atoms with Crippen molar-refractivity contribution in [1.29, 1.82) is 5.26 Å². The topological polar surface area (TPSA) is 56.1 Å². The lowest BCUT2D eigenvalue weighted by atomic mass is 9.79. The maximum absolute atomic E-state index is 12.5. The van der Waals surface area contributed by atoms with E-state index in [1.165, 1.54) is 0 Å². The lowest BCUT2D eigenvalue weighted by molar-refractivity contribution is -0.130. The molecule has 1 aliphatic rings. The summed E-state index contributed by atoms with van der Waals surface area (Å²) in [6, 6.07) is 2.53. The normalized spacial score (nSPS) is 18.0. The second kappa shape index (κ2) is 7.49. The van der Waals surface area contributed by atoms with Gasteiger partial charge in [0.05, 0.1) is 6.07 Å². The van der Waals surface area contributed by atoms with Crippen LogP contribution in [0, 0.1) is 16.7 Å². The van der Waals surface area contributed by atoms with Gasteiger partial charge in [0.1, 0.15) is 5.41 Å². The highest BCUT2D eigenvalue weighted by atomic mass is 16.2. The van der Waals surface area contributed by atoms with E-state index >= 15 is 0 Å². The molecular weight excluding hydrogens is 238 g/mol. The van der Waals surface area contributed by atoms with Crippen LogP contribution < -0.4 is 5.32 Å². The van der Waals surface area contributed by atoms with E-state index in [-0.39, 0.29) is 11.9 Å². The largest absolute Gasteiger partial charge is 0.352 e. The van der Waals surface area contributed by atoms with Crippen LogP contribution in [0.3, 0.4) is 0 Å². The fourth-order valence-electron chi connectivity index (χ4n) is 2.84. The van der Waals surface area contributed by atoms with Crippen LogP contribution >= 0.6 is 0 Å². The van der Waals surface area contributed by atoms with Crippen molar-refractivity contribution in [1.82, 2.24) is 10.2 Å². The molecule has 0 radical (unpaired) electrons. The summed E-state index contributed by atoms with van der Waals surface area (Å²) in [4.78, 5) is 14.8. The summed E-state index contributed by atoms with van der Waals surface area (Å²) in [7, 11) is 2.10. The molecule has 0 unspecified atom stereocenters. The van der Waals surface area contributed by atoms with Crippen molar-refractivity contribution in [3.05, 3.63) is 0 Å². The predicted octanol–water partition coefficient (Wildman–Crippen LogP) is 2.31. The Morgan fingerprint density at radius 3 is 2.26 bits per heavy atom. The van der Waals surface area contributed by atoms with Crippen molar-refractivity contribution in [2.75, 3.05) is 20.1 Å². The molecule has 1 rings (SSSR count). The molecule has 0 saturated carbocycles. The minimum atomic E-state index is -0.813. The minimum absolute atomic E-state index is 0.0479. The van der Waals surface area contributed by atoms with Crippen LogP contribution in [0.15, 0.2) is 0 Å². The summed E-state index contributed by atoms with van der Waals surface area (Å²) < 4.78 is 0. The van der Waals surface area contributed by atoms with Crippen molar-refractivity contribution in [2.24, 2.45) is 5.41 Å². The molecule has 19 heavy (non-hydrogen) atoms. The van der Waals surface area contributed by atoms with Crippen LogP contribution in [0.4, 0.5) is 0 Å². The monoisotopic (exact) mass is 265 g/mol. The third kappa shape index (κ3) is 4.21. The van der Waals surface area contributed by atoms with E-state index in [1.807, 2.05) is 13.8 Å². The number of carbonyl (C=O) groups excluding carboxylic acids is 1. The van der Waals surface area contributed by atoms with E-state index in [9.17, 15) is 10.1 Å². The van der Waals surface area contributed by atoms with Crippen LogP contribution in [-0.4, -0.2) is 37.0 Å². The minimum Gasteiger partial charge on any atom is -0.352 e. The third-order valence-electron chi connectivity index (χ3n) is 4.06. The predicted molar refractivity (Wildman–Crippen MR) is 76.5 cm³/mol. The first-order valence-corrected chi connectivity index (χ1v) is 7.48. The first kappa shape index (κ1) is 16.0. The number of nitrogens with zero attached hydrogens (tertiary/aromatic N) is 2. The van der Waals surface area contributed by atoms with Crippen molar-refractivity contribution < 1.29 is 4.79 Å². The van der Waals surface area contributed by atoms with Crippen LogP contribution in [0.2, 0.25) is 0 Å². The second-order valence-electron chi connectivity index (χ2n) is 5.74. The average Bonchev–Trinajstić information content (AvgIpc) is 2.41. The first-order valence-electron chi connectivity index (χ1n) is 7.48. The molecule has 0 bridgehead atoms. The molecule has 1 heterocycles. The lowest BCUT2D eigenvalue weighted by Crippen LogP contribution is -2.48. The van der Waals surface area contributed by atoms with Gasteiger partial charge < -0.3 is 10.2 Å². The zero-order valence-corrected chi connectivity index (χ0v) is 12.5. The van der Waals surface area contributed by atoms with Crippen LogP contribution in [0.5, 0.6) is 0 Å². The smallest absolute Gasteiger partial charge is 0.240 e. The number of carbonyl (C=O) groups is 1. The van der Waals surface area contributed by atoms with E-state index in [4.69, 9.17) is 0 Å². The van der Waals surface area contributed by atoms with E-state index in [0.29, 0.717) is 12.8 Å². The Kier molecular flexibility index (Phi) is 6.30. The number of nitrogens with one attached hydrogen (secondary N) is 1. The molecule has 1 aliphatic heterocycles. The molecule has 0 aromatic carbocycles. The molecule has 108 valence electrons. The first-order chi connectivity index (χ1) is 9.07. The van der Waals surface area contributed by atoms with Gasteiger partial charge in [-0.25, -0.2) is 0 Å². The zero-order chi connectivity index (χ0) is 14.3. The Balaban J connectivity index is 2.64. The van der Waals surface area contributed by atoms with E-state index < -0.39 is 5.41 Å². The van der Waals surface area contributed by atoms with Crippen LogP contribution in [-0.2, 0) is 4.79 Å². The highest BCUT2D eigenvalue weighted by molar-refractivity contribution is 5.85. The Bertz CT molecular complexity index is 321. The molecule has 0 atom stereocenters. The SMILES string of the molecule is CCCC(C#N)(CCC)C(=O)NC1CCN(C)CC1. The van der Waals surface area contributed by atoms with Gasteiger partial charge in [-0.15, -0.1) is 0 Å². The third-order valence-corrected chi connectivity index (χ3v) is 4.06. The lowest BCUT2D eigenvalue weighted by Gasteiger charge is -2.32. The fourth-order valence-corrected chi connectivity index (χ4v) is 2.84. The molecule has 1 saturated heterocycles. The molecule has 1 N–H and O–H groups in total. The second-order valence-corrected chi connectivity index (χ2v) is 5.74. The number of likely N-dealkylation sites (tertiary alicyclic amines) is 1. The summed E-state index contributed by atoms with van der Waals surface area (Å²) in [6.07, 6.45) is 5.04. The average molecular weight is 265 g/mol. The van der Waals surface area contributed by atoms with Gasteiger partial charge in [0.25, 0.3) is 0 Å². The zero-order valence-electron chi connectivity index (χ0n) is 12.5. The van der Waals surface area contributed by atoms with Gasteiger partial charge in [-0.1, -0.05) is 26.7 Å². The summed E-state index contributed by atoms with van der Waals surface area (Å²) in [5, 5.41) is 12.6. The number of hydrogen-bond donors (Lipinski definition) is 1. The highest BCUT2D eigenvalue weighted by Gasteiger charge is 2.38. The standard InChI is InChI=1S/C15H27N3O/c1-4-8-15(12-16,9-5-2)14(19)17-13-6-10-18(3)11-7-13/h13H,4-11H2,1-3H3,(H,17,19). The maximum Gasteiger partial charge on any atom is 0.240 e. The molecular formula is C15H27N3O. The van der Waals surface area contributed by atoms with Gasteiger partial charge in [-0.05, 0) is 45.8 Å². The summed E-state index contributed by atoms with van der Waals surface area (Å²) >= 11 is 0. The Morgan fingerprint density at radius 2 is 1.84 bits per heavy atom. The molecule has 0 aromatic rings. The van der Waals surface area contributed by atoms with Gasteiger partial charge in [-0.2, -0.15) is 5.26 Å². The van der Waals surface area contributed by atoms with Gasteiger partial charge in [0, 0.05) is 6.04 Å². The molecule has 0 aromatic heterocycles. The van der Waals surface area contributed by atoms with E-state index in [1.54, 1.807) is 0 Å². The number of hydrogen-bond acceptors (Lipinski definition) is 3. The van der Waals surface area contributed by atoms with E-state index in [0.717, 1.165) is 38.8 Å². The Hall–Kier alpha value is -1.08. The van der Waals surface area contributed by atoms with E-state index in [2.05, 4.69) is 23.3 Å². The molecule has 1 fully saturated rings. The van der Waals surface area contributed by atoms with Gasteiger partial charge in [-0.3, -0.25) is 4.79 Å². The molecule has 1 amide bonds. The molecule has 0 spiro atoms. The summed E-state index contributed by atoms with van der Waals surface area (Å²) in [6.45, 7) is 6.10. The Labute approximate surface area is 117 Å². The fraction of sp³-hybridized carbons (Fsp3) is 0.867. The van der Waals surface area contributed by atoms with Crippen molar-refractivity contribution >= 4 is 5.91 Å². The number of amides is 1. The Morgan fingerprint density at radius 1 is 1.32 bits per heavy atom. The molecule has 4 nitrogen and oxygen atoms in total. The molecule has 4 heteroatoms.